The minimum absolute atomic E-state index is 0.0668. The van der Waals surface area contributed by atoms with E-state index in [2.05, 4.69) is 26.0 Å². The van der Waals surface area contributed by atoms with Crippen LogP contribution < -0.4 is 0 Å². The summed E-state index contributed by atoms with van der Waals surface area (Å²) in [6.45, 7) is 5.80. The van der Waals surface area contributed by atoms with E-state index in [1.54, 1.807) is 0 Å². The Labute approximate surface area is 154 Å². The third-order valence-corrected chi connectivity index (χ3v) is 4.97. The summed E-state index contributed by atoms with van der Waals surface area (Å²) in [6, 6.07) is 18.2. The van der Waals surface area contributed by atoms with E-state index in [-0.39, 0.29) is 5.91 Å². The van der Waals surface area contributed by atoms with Crippen molar-refractivity contribution in [1.82, 2.24) is 14.7 Å². The molecule has 1 aliphatic rings. The van der Waals surface area contributed by atoms with Gasteiger partial charge in [-0.3, -0.25) is 4.79 Å². The van der Waals surface area contributed by atoms with Crippen molar-refractivity contribution < 1.29 is 4.79 Å². The Kier molecular flexibility index (Phi) is 4.33. The van der Waals surface area contributed by atoms with Gasteiger partial charge in [-0.15, -0.1) is 0 Å². The monoisotopic (exact) mass is 345 g/mol. The Bertz CT molecular complexity index is 937. The number of carbonyl (C=O) groups is 1. The molecule has 1 aromatic heterocycles. The number of amides is 1. The Morgan fingerprint density at radius 1 is 0.962 bits per heavy atom. The summed E-state index contributed by atoms with van der Waals surface area (Å²) in [5.74, 6) is 0.0668. The Hall–Kier alpha value is -2.88. The molecule has 0 N–H and O–H groups in total. The van der Waals surface area contributed by atoms with E-state index in [9.17, 15) is 4.79 Å². The maximum Gasteiger partial charge on any atom is 0.272 e. The highest BCUT2D eigenvalue weighted by Gasteiger charge is 2.25. The third kappa shape index (κ3) is 3.03. The number of hydrogen-bond donors (Lipinski definition) is 0. The van der Waals surface area contributed by atoms with E-state index in [4.69, 9.17) is 5.10 Å². The van der Waals surface area contributed by atoms with Gasteiger partial charge in [0.25, 0.3) is 5.91 Å². The summed E-state index contributed by atoms with van der Waals surface area (Å²) in [5, 5.41) is 4.80. The second kappa shape index (κ2) is 6.79. The zero-order valence-electron chi connectivity index (χ0n) is 15.3. The van der Waals surface area contributed by atoms with E-state index in [0.717, 1.165) is 48.4 Å². The highest BCUT2D eigenvalue weighted by atomic mass is 16.2. The molecule has 0 radical (unpaired) electrons. The summed E-state index contributed by atoms with van der Waals surface area (Å²) in [5.41, 5.74) is 5.76. The van der Waals surface area contributed by atoms with Crippen LogP contribution in [0.5, 0.6) is 0 Å². The Morgan fingerprint density at radius 3 is 2.38 bits per heavy atom. The van der Waals surface area contributed by atoms with Gasteiger partial charge in [0, 0.05) is 18.7 Å². The number of likely N-dealkylation sites (tertiary alicyclic amines) is 1. The molecule has 1 saturated heterocycles. The fraction of sp³-hybridized carbons (Fsp3) is 0.273. The van der Waals surface area contributed by atoms with Gasteiger partial charge in [-0.1, -0.05) is 48.0 Å². The van der Waals surface area contributed by atoms with Crippen LogP contribution in [0, 0.1) is 13.8 Å². The fourth-order valence-corrected chi connectivity index (χ4v) is 3.59. The maximum atomic E-state index is 13.1. The predicted molar refractivity (Wildman–Crippen MR) is 104 cm³/mol. The number of nitrogens with zero attached hydrogens (tertiary/aromatic N) is 3. The first-order valence-electron chi connectivity index (χ1n) is 9.16. The Balaban J connectivity index is 1.85. The van der Waals surface area contributed by atoms with Crippen LogP contribution in [0.1, 0.15) is 34.5 Å². The molecule has 132 valence electrons. The molecule has 0 aliphatic carbocycles. The molecule has 2 heterocycles. The molecule has 0 unspecified atom stereocenters. The molecule has 1 aliphatic heterocycles. The van der Waals surface area contributed by atoms with Crippen LogP contribution in [0.25, 0.3) is 16.9 Å². The lowest BCUT2D eigenvalue weighted by molar-refractivity contribution is 0.0784. The standard InChI is InChI=1S/C22H23N3O/c1-16-10-11-20(17(2)14-16)25-21(22(26)24-12-6-7-13-24)15-19(23-25)18-8-4-3-5-9-18/h3-5,8-11,14-15H,6-7,12-13H2,1-2H3. The molecule has 0 spiro atoms. The van der Waals surface area contributed by atoms with E-state index >= 15 is 0 Å². The lowest BCUT2D eigenvalue weighted by Gasteiger charge is -2.17. The molecule has 0 bridgehead atoms. The van der Waals surface area contributed by atoms with Crippen molar-refractivity contribution in [3.05, 3.63) is 71.4 Å². The summed E-state index contributed by atoms with van der Waals surface area (Å²) >= 11 is 0. The molecule has 1 amide bonds. The lowest BCUT2D eigenvalue weighted by Crippen LogP contribution is -2.29. The van der Waals surface area contributed by atoms with Crippen LogP contribution in [-0.4, -0.2) is 33.7 Å². The van der Waals surface area contributed by atoms with Gasteiger partial charge in [0.05, 0.1) is 11.4 Å². The van der Waals surface area contributed by atoms with Crippen LogP contribution in [0.2, 0.25) is 0 Å². The number of benzene rings is 2. The van der Waals surface area contributed by atoms with Crippen LogP contribution >= 0.6 is 0 Å². The second-order valence-corrected chi connectivity index (χ2v) is 6.98. The fourth-order valence-electron chi connectivity index (χ4n) is 3.59. The molecule has 26 heavy (non-hydrogen) atoms. The average molecular weight is 345 g/mol. The molecule has 2 aromatic carbocycles. The van der Waals surface area contributed by atoms with Gasteiger partial charge in [-0.05, 0) is 44.4 Å². The van der Waals surface area contributed by atoms with Gasteiger partial charge in [-0.2, -0.15) is 5.10 Å². The van der Waals surface area contributed by atoms with Crippen molar-refractivity contribution in [3.8, 4) is 16.9 Å². The van der Waals surface area contributed by atoms with E-state index in [1.807, 2.05) is 52.0 Å². The summed E-state index contributed by atoms with van der Waals surface area (Å²) in [7, 11) is 0. The van der Waals surface area contributed by atoms with Gasteiger partial charge >= 0.3 is 0 Å². The zero-order valence-corrected chi connectivity index (χ0v) is 15.3. The van der Waals surface area contributed by atoms with E-state index < -0.39 is 0 Å². The van der Waals surface area contributed by atoms with Crippen molar-refractivity contribution in [1.29, 1.82) is 0 Å². The number of hydrogen-bond acceptors (Lipinski definition) is 2. The quantitative estimate of drug-likeness (QED) is 0.706. The van der Waals surface area contributed by atoms with Crippen LogP contribution in [0.15, 0.2) is 54.6 Å². The van der Waals surface area contributed by atoms with E-state index in [1.165, 1.54) is 5.56 Å². The molecule has 4 rings (SSSR count). The first kappa shape index (κ1) is 16.6. The average Bonchev–Trinajstić information content (AvgIpc) is 3.32. The molecular weight excluding hydrogens is 322 g/mol. The van der Waals surface area contributed by atoms with Crippen molar-refractivity contribution in [3.63, 3.8) is 0 Å². The van der Waals surface area contributed by atoms with E-state index in [0.29, 0.717) is 5.69 Å². The number of carbonyl (C=O) groups excluding carboxylic acids is 1. The highest BCUT2D eigenvalue weighted by Crippen LogP contribution is 2.25. The van der Waals surface area contributed by atoms with Crippen LogP contribution in [0.3, 0.4) is 0 Å². The van der Waals surface area contributed by atoms with Gasteiger partial charge < -0.3 is 4.90 Å². The Morgan fingerprint density at radius 2 is 1.69 bits per heavy atom. The molecule has 0 saturated carbocycles. The summed E-state index contributed by atoms with van der Waals surface area (Å²) < 4.78 is 1.82. The molecule has 0 atom stereocenters. The van der Waals surface area contributed by atoms with Crippen molar-refractivity contribution in [2.45, 2.75) is 26.7 Å². The highest BCUT2D eigenvalue weighted by molar-refractivity contribution is 5.94. The van der Waals surface area contributed by atoms with Crippen molar-refractivity contribution in [2.24, 2.45) is 0 Å². The van der Waals surface area contributed by atoms with Gasteiger partial charge in [0.1, 0.15) is 5.69 Å². The minimum atomic E-state index is 0.0668. The van der Waals surface area contributed by atoms with Crippen molar-refractivity contribution >= 4 is 5.91 Å². The largest absolute Gasteiger partial charge is 0.337 e. The van der Waals surface area contributed by atoms with Gasteiger partial charge in [0.15, 0.2) is 0 Å². The zero-order chi connectivity index (χ0) is 18.1. The smallest absolute Gasteiger partial charge is 0.272 e. The number of rotatable bonds is 3. The van der Waals surface area contributed by atoms with Gasteiger partial charge in [0.2, 0.25) is 0 Å². The first-order valence-corrected chi connectivity index (χ1v) is 9.16. The lowest BCUT2D eigenvalue weighted by atomic mass is 10.1. The van der Waals surface area contributed by atoms with Crippen molar-refractivity contribution in [2.75, 3.05) is 13.1 Å². The molecule has 4 heteroatoms. The normalized spacial score (nSPS) is 14.0. The molecule has 4 nitrogen and oxygen atoms in total. The number of aryl methyl sites for hydroxylation is 2. The third-order valence-electron chi connectivity index (χ3n) is 4.97. The number of aromatic nitrogens is 2. The van der Waals surface area contributed by atoms with Crippen LogP contribution in [-0.2, 0) is 0 Å². The summed E-state index contributed by atoms with van der Waals surface area (Å²) in [4.78, 5) is 15.1. The minimum Gasteiger partial charge on any atom is -0.337 e. The molecular formula is C22H23N3O. The molecule has 3 aromatic rings. The topological polar surface area (TPSA) is 38.1 Å². The second-order valence-electron chi connectivity index (χ2n) is 6.98. The SMILES string of the molecule is Cc1ccc(-n2nc(-c3ccccc3)cc2C(=O)N2CCCC2)c(C)c1. The van der Waals surface area contributed by atoms with Crippen LogP contribution in [0.4, 0.5) is 0 Å². The summed E-state index contributed by atoms with van der Waals surface area (Å²) in [6.07, 6.45) is 2.16. The predicted octanol–water partition coefficient (Wildman–Crippen LogP) is 4.39. The first-order chi connectivity index (χ1) is 12.6. The van der Waals surface area contributed by atoms with Gasteiger partial charge in [-0.25, -0.2) is 4.68 Å². The maximum absolute atomic E-state index is 13.1. The molecule has 1 fully saturated rings.